The highest BCUT2D eigenvalue weighted by molar-refractivity contribution is 6.02. The number of ether oxygens (including phenoxy) is 1. The zero-order valence-electron chi connectivity index (χ0n) is 24.6. The fourth-order valence-electron chi connectivity index (χ4n) is 7.07. The standard InChI is InChI=1S/C31H43N7O3/c1-36(24-15-21(16-24)14-20-10-12-32-13-11-20)30(40)22-8-9-25(27(17-22)41-3)34-31-33-18-26-29(35-31)38(19-28(39)37(26)2)23-6-4-5-7-23/h8-9,17-18,20-21,23-24,32H,4-7,10-16,19H2,1-3H3,(H,33,34,35). The molecule has 6 rings (SSSR count). The number of carbonyl (C=O) groups excluding carboxylic acids is 2. The monoisotopic (exact) mass is 561 g/mol. The van der Waals surface area contributed by atoms with Crippen molar-refractivity contribution >= 4 is 35.0 Å². The number of nitrogens with one attached hydrogen (secondary N) is 2. The van der Waals surface area contributed by atoms with Gasteiger partial charge in [-0.2, -0.15) is 4.98 Å². The third kappa shape index (κ3) is 5.71. The normalized spacial score (nSPS) is 23.2. The van der Waals surface area contributed by atoms with Gasteiger partial charge < -0.3 is 30.1 Å². The molecule has 4 aliphatic rings. The second-order valence-corrected chi connectivity index (χ2v) is 12.3. The average molecular weight is 562 g/mol. The van der Waals surface area contributed by atoms with E-state index in [9.17, 15) is 9.59 Å². The number of hydrogen-bond donors (Lipinski definition) is 2. The Morgan fingerprint density at radius 3 is 2.63 bits per heavy atom. The molecule has 2 saturated carbocycles. The highest BCUT2D eigenvalue weighted by Gasteiger charge is 2.36. The summed E-state index contributed by atoms with van der Waals surface area (Å²) < 4.78 is 5.68. The number of carbonyl (C=O) groups is 2. The van der Waals surface area contributed by atoms with Crippen LogP contribution < -0.4 is 25.2 Å². The Kier molecular flexibility index (Phi) is 8.01. The van der Waals surface area contributed by atoms with Gasteiger partial charge in [0.15, 0.2) is 5.82 Å². The Labute approximate surface area is 242 Å². The molecule has 0 unspecified atom stereocenters. The molecule has 3 heterocycles. The van der Waals surface area contributed by atoms with Crippen LogP contribution in [0.2, 0.25) is 0 Å². The number of fused-ring (bicyclic) bond motifs is 1. The van der Waals surface area contributed by atoms with Crippen LogP contribution in [0.4, 0.5) is 23.1 Å². The van der Waals surface area contributed by atoms with Gasteiger partial charge in [0.2, 0.25) is 11.9 Å². The van der Waals surface area contributed by atoms with Gasteiger partial charge in [0.05, 0.1) is 25.5 Å². The van der Waals surface area contributed by atoms with Crippen molar-refractivity contribution in [3.05, 3.63) is 30.0 Å². The van der Waals surface area contributed by atoms with E-state index in [4.69, 9.17) is 9.72 Å². The Bertz CT molecular complexity index is 1270. The second-order valence-electron chi connectivity index (χ2n) is 12.3. The van der Waals surface area contributed by atoms with E-state index in [1.165, 1.54) is 32.1 Å². The number of aromatic nitrogens is 2. The highest BCUT2D eigenvalue weighted by atomic mass is 16.5. The molecule has 2 N–H and O–H groups in total. The predicted octanol–water partition coefficient (Wildman–Crippen LogP) is 4.19. The lowest BCUT2D eigenvalue weighted by Crippen LogP contribution is -2.48. The van der Waals surface area contributed by atoms with E-state index < -0.39 is 0 Å². The number of hydrogen-bond acceptors (Lipinski definition) is 8. The molecule has 2 aliphatic heterocycles. The maximum Gasteiger partial charge on any atom is 0.253 e. The molecular weight excluding hydrogens is 518 g/mol. The second kappa shape index (κ2) is 11.8. The van der Waals surface area contributed by atoms with E-state index in [-0.39, 0.29) is 11.8 Å². The first-order valence-electron chi connectivity index (χ1n) is 15.2. The van der Waals surface area contributed by atoms with Crippen molar-refractivity contribution in [2.45, 2.75) is 69.9 Å². The molecule has 0 radical (unpaired) electrons. The van der Waals surface area contributed by atoms with Crippen molar-refractivity contribution in [1.29, 1.82) is 0 Å². The number of benzene rings is 1. The molecule has 1 aromatic carbocycles. The van der Waals surface area contributed by atoms with Crippen molar-refractivity contribution in [2.24, 2.45) is 11.8 Å². The maximum absolute atomic E-state index is 13.4. The number of amides is 2. The number of piperidine rings is 1. The van der Waals surface area contributed by atoms with Crippen LogP contribution in [0.15, 0.2) is 24.4 Å². The Morgan fingerprint density at radius 1 is 1.15 bits per heavy atom. The fourth-order valence-corrected chi connectivity index (χ4v) is 7.07. The maximum atomic E-state index is 13.4. The number of rotatable bonds is 8. The van der Waals surface area contributed by atoms with Crippen molar-refractivity contribution in [2.75, 3.05) is 56.0 Å². The van der Waals surface area contributed by atoms with Gasteiger partial charge in [-0.15, -0.1) is 0 Å². The van der Waals surface area contributed by atoms with Gasteiger partial charge in [-0.25, -0.2) is 4.98 Å². The lowest BCUT2D eigenvalue weighted by atomic mass is 9.73. The molecule has 10 nitrogen and oxygen atoms in total. The average Bonchev–Trinajstić information content (AvgIpc) is 3.51. The van der Waals surface area contributed by atoms with Crippen molar-refractivity contribution in [3.8, 4) is 5.75 Å². The molecule has 0 spiro atoms. The summed E-state index contributed by atoms with van der Waals surface area (Å²) in [7, 11) is 5.30. The van der Waals surface area contributed by atoms with Gasteiger partial charge in [-0.1, -0.05) is 12.8 Å². The van der Waals surface area contributed by atoms with Gasteiger partial charge in [0, 0.05) is 31.7 Å². The minimum atomic E-state index is 0.0186. The van der Waals surface area contributed by atoms with Gasteiger partial charge in [-0.05, 0) is 88.1 Å². The first-order valence-corrected chi connectivity index (χ1v) is 15.2. The summed E-state index contributed by atoms with van der Waals surface area (Å²) in [4.78, 5) is 41.1. The fraction of sp³-hybridized carbons (Fsp3) is 0.613. The van der Waals surface area contributed by atoms with Gasteiger partial charge in [0.25, 0.3) is 5.91 Å². The van der Waals surface area contributed by atoms with Crippen molar-refractivity contribution in [1.82, 2.24) is 20.2 Å². The van der Waals surface area contributed by atoms with Crippen LogP contribution in [0, 0.1) is 11.8 Å². The lowest BCUT2D eigenvalue weighted by molar-refractivity contribution is -0.117. The topological polar surface area (TPSA) is 103 Å². The Morgan fingerprint density at radius 2 is 1.90 bits per heavy atom. The van der Waals surface area contributed by atoms with E-state index in [0.29, 0.717) is 41.6 Å². The lowest BCUT2D eigenvalue weighted by Gasteiger charge is -2.43. The number of methoxy groups -OCH3 is 1. The molecule has 2 amide bonds. The van der Waals surface area contributed by atoms with Crippen LogP contribution in [-0.4, -0.2) is 79.6 Å². The summed E-state index contributed by atoms with van der Waals surface area (Å²) in [5.74, 6) is 3.41. The van der Waals surface area contributed by atoms with Crippen LogP contribution in [0.3, 0.4) is 0 Å². The van der Waals surface area contributed by atoms with Crippen LogP contribution in [0.1, 0.15) is 68.1 Å². The SMILES string of the molecule is COc1cc(C(=O)N(C)C2CC(CC3CCNCC3)C2)ccc1Nc1ncc2c(n1)N(C1CCCC1)CC(=O)N2C. The summed E-state index contributed by atoms with van der Waals surface area (Å²) in [6, 6.07) is 6.11. The van der Waals surface area contributed by atoms with Gasteiger partial charge in [-0.3, -0.25) is 9.59 Å². The molecule has 0 bridgehead atoms. The van der Waals surface area contributed by atoms with Gasteiger partial charge >= 0.3 is 0 Å². The van der Waals surface area contributed by atoms with E-state index >= 15 is 0 Å². The molecule has 2 aromatic rings. The number of anilines is 4. The minimum Gasteiger partial charge on any atom is -0.495 e. The number of likely N-dealkylation sites (N-methyl/N-ethyl adjacent to an activating group) is 1. The molecular formula is C31H43N7O3. The predicted molar refractivity (Wildman–Crippen MR) is 160 cm³/mol. The van der Waals surface area contributed by atoms with E-state index in [0.717, 1.165) is 62.1 Å². The van der Waals surface area contributed by atoms with Crippen LogP contribution in [-0.2, 0) is 4.79 Å². The quantitative estimate of drug-likeness (QED) is 0.495. The first kappa shape index (κ1) is 27.8. The largest absolute Gasteiger partial charge is 0.495 e. The molecule has 1 aromatic heterocycles. The zero-order chi connectivity index (χ0) is 28.5. The molecule has 2 aliphatic carbocycles. The summed E-state index contributed by atoms with van der Waals surface area (Å²) in [5.41, 5.74) is 2.02. The summed E-state index contributed by atoms with van der Waals surface area (Å²) in [5, 5.41) is 6.74. The third-order valence-corrected chi connectivity index (χ3v) is 9.73. The molecule has 0 atom stereocenters. The van der Waals surface area contributed by atoms with Gasteiger partial charge in [0.1, 0.15) is 11.4 Å². The molecule has 220 valence electrons. The van der Waals surface area contributed by atoms with Crippen LogP contribution >= 0.6 is 0 Å². The molecule has 10 heteroatoms. The van der Waals surface area contributed by atoms with E-state index in [1.54, 1.807) is 31.3 Å². The van der Waals surface area contributed by atoms with Crippen molar-refractivity contribution < 1.29 is 14.3 Å². The minimum absolute atomic E-state index is 0.0186. The van der Waals surface area contributed by atoms with E-state index in [2.05, 4.69) is 20.5 Å². The smallest absolute Gasteiger partial charge is 0.253 e. The Balaban J connectivity index is 1.13. The Hall–Kier alpha value is -3.40. The third-order valence-electron chi connectivity index (χ3n) is 9.73. The number of nitrogens with zero attached hydrogens (tertiary/aromatic N) is 5. The first-order chi connectivity index (χ1) is 19.9. The molecule has 1 saturated heterocycles. The van der Waals surface area contributed by atoms with Crippen molar-refractivity contribution in [3.63, 3.8) is 0 Å². The summed E-state index contributed by atoms with van der Waals surface area (Å²) in [6.07, 6.45) is 12.2. The van der Waals surface area contributed by atoms with Crippen LogP contribution in [0.25, 0.3) is 0 Å². The van der Waals surface area contributed by atoms with E-state index in [1.807, 2.05) is 24.1 Å². The summed E-state index contributed by atoms with van der Waals surface area (Å²) >= 11 is 0. The van der Waals surface area contributed by atoms with Crippen LogP contribution in [0.5, 0.6) is 5.75 Å². The highest BCUT2D eigenvalue weighted by Crippen LogP contribution is 2.39. The molecule has 41 heavy (non-hydrogen) atoms. The summed E-state index contributed by atoms with van der Waals surface area (Å²) in [6.45, 7) is 2.61. The molecule has 3 fully saturated rings. The zero-order valence-corrected chi connectivity index (χ0v) is 24.6.